The summed E-state index contributed by atoms with van der Waals surface area (Å²) < 4.78 is 32.7. The summed E-state index contributed by atoms with van der Waals surface area (Å²) in [7, 11) is -2.15. The number of amides is 2. The van der Waals surface area contributed by atoms with Gasteiger partial charge in [-0.3, -0.25) is 9.59 Å². The fourth-order valence-electron chi connectivity index (χ4n) is 3.61. The molecule has 2 amide bonds. The molecule has 1 fully saturated rings. The van der Waals surface area contributed by atoms with Gasteiger partial charge in [0.15, 0.2) is 0 Å². The van der Waals surface area contributed by atoms with Gasteiger partial charge in [0.2, 0.25) is 21.8 Å². The minimum Gasteiger partial charge on any atom is -0.497 e. The van der Waals surface area contributed by atoms with Crippen LogP contribution in [0.3, 0.4) is 0 Å². The van der Waals surface area contributed by atoms with Crippen LogP contribution < -0.4 is 10.1 Å². The van der Waals surface area contributed by atoms with E-state index in [1.165, 1.54) is 4.31 Å². The Hall–Kier alpha value is -2.91. The molecule has 1 saturated heterocycles. The molecule has 1 aliphatic rings. The zero-order valence-corrected chi connectivity index (χ0v) is 19.0. The normalized spacial score (nSPS) is 16.7. The van der Waals surface area contributed by atoms with E-state index in [2.05, 4.69) is 5.32 Å². The molecule has 0 saturated carbocycles. The van der Waals surface area contributed by atoms with Gasteiger partial charge >= 0.3 is 0 Å². The molecular formula is C23H29N3O5S. The Kier molecular flexibility index (Phi) is 8.24. The minimum absolute atomic E-state index is 0.0732. The Morgan fingerprint density at radius 3 is 2.56 bits per heavy atom. The van der Waals surface area contributed by atoms with E-state index in [1.54, 1.807) is 42.3 Å². The molecule has 2 aromatic carbocycles. The fraction of sp³-hybridized carbons (Fsp3) is 0.391. The van der Waals surface area contributed by atoms with Gasteiger partial charge in [0.05, 0.1) is 18.4 Å². The fourth-order valence-corrected chi connectivity index (χ4v) is 5.11. The average Bonchev–Trinajstić information content (AvgIpc) is 2.84. The van der Waals surface area contributed by atoms with Crippen LogP contribution in [0.4, 0.5) is 0 Å². The Bertz CT molecular complexity index is 1030. The van der Waals surface area contributed by atoms with Crippen LogP contribution in [0.25, 0.3) is 0 Å². The quantitative estimate of drug-likeness (QED) is 0.734. The predicted octanol–water partition coefficient (Wildman–Crippen LogP) is 1.67. The van der Waals surface area contributed by atoms with E-state index in [-0.39, 0.29) is 42.6 Å². The maximum Gasteiger partial charge on any atom is 0.243 e. The highest BCUT2D eigenvalue weighted by molar-refractivity contribution is 7.89. The predicted molar refractivity (Wildman–Crippen MR) is 121 cm³/mol. The van der Waals surface area contributed by atoms with Gasteiger partial charge in [0.25, 0.3) is 0 Å². The van der Waals surface area contributed by atoms with E-state index >= 15 is 0 Å². The van der Waals surface area contributed by atoms with Crippen molar-refractivity contribution in [1.82, 2.24) is 14.5 Å². The standard InChI is InChI=1S/C23H29N3O5S/c1-31-20-8-5-7-19(17-20)18-23(28)25-13-6-14-26(15-11-22(27)24-12-16-25)32(29,30)21-9-3-2-4-10-21/h2-5,7-10,17H,6,11-16,18H2,1H3,(H,24,27). The van der Waals surface area contributed by atoms with Crippen molar-refractivity contribution >= 4 is 21.8 Å². The van der Waals surface area contributed by atoms with Gasteiger partial charge in [0.1, 0.15) is 5.75 Å². The molecule has 0 aliphatic carbocycles. The number of ether oxygens (including phenoxy) is 1. The lowest BCUT2D eigenvalue weighted by Gasteiger charge is -2.25. The SMILES string of the molecule is COc1cccc(CC(=O)N2CCCN(S(=O)(=O)c3ccccc3)CCC(=O)NCC2)c1. The van der Waals surface area contributed by atoms with E-state index in [0.29, 0.717) is 31.8 Å². The van der Waals surface area contributed by atoms with E-state index in [1.807, 2.05) is 24.3 Å². The zero-order valence-electron chi connectivity index (χ0n) is 18.2. The molecule has 2 aromatic rings. The molecule has 3 rings (SSSR count). The van der Waals surface area contributed by atoms with Crippen LogP contribution in [0.2, 0.25) is 0 Å². The first-order valence-corrected chi connectivity index (χ1v) is 12.1. The van der Waals surface area contributed by atoms with Crippen molar-refractivity contribution in [3.8, 4) is 5.75 Å². The number of hydrogen-bond acceptors (Lipinski definition) is 5. The molecule has 0 spiro atoms. The number of rotatable bonds is 5. The number of carbonyl (C=O) groups is 2. The topological polar surface area (TPSA) is 96.0 Å². The molecule has 0 atom stereocenters. The number of benzene rings is 2. The number of nitrogens with zero attached hydrogens (tertiary/aromatic N) is 2. The summed E-state index contributed by atoms with van der Waals surface area (Å²) in [5.41, 5.74) is 0.834. The molecular weight excluding hydrogens is 430 g/mol. The van der Waals surface area contributed by atoms with Crippen molar-refractivity contribution in [3.05, 3.63) is 60.2 Å². The number of hydrogen-bond donors (Lipinski definition) is 1. The molecule has 32 heavy (non-hydrogen) atoms. The second kappa shape index (κ2) is 11.1. The summed E-state index contributed by atoms with van der Waals surface area (Å²) in [6.07, 6.45) is 0.755. The van der Waals surface area contributed by atoms with Gasteiger partial charge in [-0.05, 0) is 36.2 Å². The number of carbonyl (C=O) groups excluding carboxylic acids is 2. The molecule has 172 valence electrons. The molecule has 1 aliphatic heterocycles. The van der Waals surface area contributed by atoms with Gasteiger partial charge in [0, 0.05) is 39.1 Å². The summed E-state index contributed by atoms with van der Waals surface area (Å²) in [6, 6.07) is 15.5. The lowest BCUT2D eigenvalue weighted by molar-refractivity contribution is -0.131. The second-order valence-corrected chi connectivity index (χ2v) is 9.52. The van der Waals surface area contributed by atoms with Gasteiger partial charge in [-0.2, -0.15) is 4.31 Å². The Balaban J connectivity index is 1.71. The van der Waals surface area contributed by atoms with Crippen molar-refractivity contribution in [2.24, 2.45) is 0 Å². The third-order valence-electron chi connectivity index (χ3n) is 5.35. The van der Waals surface area contributed by atoms with E-state index < -0.39 is 10.0 Å². The summed E-state index contributed by atoms with van der Waals surface area (Å²) in [6.45, 7) is 1.43. The average molecular weight is 460 g/mol. The van der Waals surface area contributed by atoms with Crippen LogP contribution in [-0.2, 0) is 26.0 Å². The first kappa shape index (κ1) is 23.7. The summed E-state index contributed by atoms with van der Waals surface area (Å²) in [4.78, 5) is 27.0. The first-order chi connectivity index (χ1) is 15.4. The second-order valence-electron chi connectivity index (χ2n) is 7.58. The molecule has 1 heterocycles. The van der Waals surface area contributed by atoms with Gasteiger partial charge in [-0.1, -0.05) is 30.3 Å². The maximum atomic E-state index is 13.1. The molecule has 1 N–H and O–H groups in total. The minimum atomic E-state index is -3.72. The molecule has 9 heteroatoms. The zero-order chi connectivity index (χ0) is 23.0. The van der Waals surface area contributed by atoms with Crippen LogP contribution in [0.5, 0.6) is 5.75 Å². The number of nitrogens with one attached hydrogen (secondary N) is 1. The highest BCUT2D eigenvalue weighted by Gasteiger charge is 2.26. The largest absolute Gasteiger partial charge is 0.497 e. The Labute approximate surface area is 189 Å². The van der Waals surface area contributed by atoms with E-state index in [9.17, 15) is 18.0 Å². The Morgan fingerprint density at radius 1 is 1.03 bits per heavy atom. The van der Waals surface area contributed by atoms with E-state index in [4.69, 9.17) is 4.74 Å². The van der Waals surface area contributed by atoms with Crippen LogP contribution in [0.1, 0.15) is 18.4 Å². The maximum absolute atomic E-state index is 13.1. The molecule has 0 radical (unpaired) electrons. The van der Waals surface area contributed by atoms with Crippen molar-refractivity contribution in [3.63, 3.8) is 0 Å². The summed E-state index contributed by atoms with van der Waals surface area (Å²) >= 11 is 0. The van der Waals surface area contributed by atoms with Crippen molar-refractivity contribution in [2.45, 2.75) is 24.2 Å². The van der Waals surface area contributed by atoms with Gasteiger partial charge in [-0.25, -0.2) is 8.42 Å². The van der Waals surface area contributed by atoms with Crippen LogP contribution in [-0.4, -0.2) is 69.3 Å². The first-order valence-electron chi connectivity index (χ1n) is 10.6. The van der Waals surface area contributed by atoms with Gasteiger partial charge in [-0.15, -0.1) is 0 Å². The summed E-state index contributed by atoms with van der Waals surface area (Å²) in [5, 5.41) is 2.78. The van der Waals surface area contributed by atoms with Crippen molar-refractivity contribution in [2.75, 3.05) is 39.8 Å². The van der Waals surface area contributed by atoms with Crippen LogP contribution >= 0.6 is 0 Å². The van der Waals surface area contributed by atoms with Crippen molar-refractivity contribution in [1.29, 1.82) is 0 Å². The number of methoxy groups -OCH3 is 1. The monoisotopic (exact) mass is 459 g/mol. The molecule has 0 unspecified atom stereocenters. The molecule has 0 bridgehead atoms. The Morgan fingerprint density at radius 2 is 1.81 bits per heavy atom. The molecule has 0 aromatic heterocycles. The third-order valence-corrected chi connectivity index (χ3v) is 7.26. The van der Waals surface area contributed by atoms with Crippen LogP contribution in [0, 0.1) is 0 Å². The highest BCUT2D eigenvalue weighted by Crippen LogP contribution is 2.17. The van der Waals surface area contributed by atoms with Crippen LogP contribution in [0.15, 0.2) is 59.5 Å². The van der Waals surface area contributed by atoms with E-state index in [0.717, 1.165) is 5.56 Å². The third kappa shape index (κ3) is 6.30. The molecule has 8 nitrogen and oxygen atoms in total. The number of sulfonamides is 1. The smallest absolute Gasteiger partial charge is 0.243 e. The van der Waals surface area contributed by atoms with Crippen molar-refractivity contribution < 1.29 is 22.7 Å². The lowest BCUT2D eigenvalue weighted by atomic mass is 10.1. The van der Waals surface area contributed by atoms with Gasteiger partial charge < -0.3 is 15.0 Å². The lowest BCUT2D eigenvalue weighted by Crippen LogP contribution is -2.40. The highest BCUT2D eigenvalue weighted by atomic mass is 32.2. The summed E-state index contributed by atoms with van der Waals surface area (Å²) in [5.74, 6) is 0.367.